The van der Waals surface area contributed by atoms with Crippen molar-refractivity contribution < 1.29 is 0 Å². The molecule has 0 amide bonds. The van der Waals surface area contributed by atoms with Crippen LogP contribution in [0.4, 0.5) is 0 Å². The quantitative estimate of drug-likeness (QED) is 0.160. The molecule has 0 N–H and O–H groups in total. The van der Waals surface area contributed by atoms with Gasteiger partial charge < -0.3 is 4.57 Å². The Morgan fingerprint density at radius 2 is 0.833 bits per heavy atom. The molecule has 0 saturated carbocycles. The lowest BCUT2D eigenvalue weighted by molar-refractivity contribution is 1.06. The van der Waals surface area contributed by atoms with Crippen molar-refractivity contribution in [3.8, 4) is 73.2 Å². The van der Waals surface area contributed by atoms with Gasteiger partial charge in [-0.25, -0.2) is 15.0 Å². The van der Waals surface area contributed by atoms with Crippen LogP contribution in [0.25, 0.3) is 115 Å². The van der Waals surface area contributed by atoms with Crippen molar-refractivity contribution in [2.45, 2.75) is 27.7 Å². The molecule has 3 heterocycles. The number of benzene rings is 9. The molecule has 9 aromatic carbocycles. The molecule has 0 aliphatic carbocycles. The number of aromatic nitrogens is 4. The SMILES string of the molecule is Cc1cc(C)cc(-c2ccc3c(c2)c2cc(-c4cc(C)cc(C)c4)ccc2n3-c2ccc(-c3cccc4c3sc3ccccc34)cc2-c2nc(-c3ccccc3)nc(-c3ccccc3)n2)c1. The molecule has 0 atom stereocenters. The van der Waals surface area contributed by atoms with Gasteiger partial charge in [-0.3, -0.25) is 0 Å². The summed E-state index contributed by atoms with van der Waals surface area (Å²) < 4.78 is 4.96. The van der Waals surface area contributed by atoms with E-state index in [0.717, 1.165) is 39.0 Å². The maximum atomic E-state index is 5.37. The number of nitrogens with zero attached hydrogens (tertiary/aromatic N) is 4. The molecule has 0 spiro atoms. The highest BCUT2D eigenvalue weighted by Crippen LogP contribution is 2.44. The molecule has 4 nitrogen and oxygen atoms in total. The molecule has 12 rings (SSSR count). The fourth-order valence-electron chi connectivity index (χ4n) is 9.91. The molecule has 0 aliphatic heterocycles. The van der Waals surface area contributed by atoms with Gasteiger partial charge >= 0.3 is 0 Å². The van der Waals surface area contributed by atoms with Gasteiger partial charge in [-0.2, -0.15) is 0 Å². The predicted molar refractivity (Wildman–Crippen MR) is 279 cm³/mol. The van der Waals surface area contributed by atoms with Crippen molar-refractivity contribution in [2.75, 3.05) is 0 Å². The summed E-state index contributed by atoms with van der Waals surface area (Å²) in [7, 11) is 0. The average Bonchev–Trinajstić information content (AvgIpc) is 3.89. The first-order chi connectivity index (χ1) is 32.3. The van der Waals surface area contributed by atoms with Crippen molar-refractivity contribution >= 4 is 53.3 Å². The van der Waals surface area contributed by atoms with Gasteiger partial charge in [0.05, 0.1) is 16.7 Å². The van der Waals surface area contributed by atoms with Crippen molar-refractivity contribution in [1.29, 1.82) is 0 Å². The van der Waals surface area contributed by atoms with Gasteiger partial charge in [0.2, 0.25) is 0 Å². The molecule has 66 heavy (non-hydrogen) atoms. The maximum Gasteiger partial charge on any atom is 0.166 e. The van der Waals surface area contributed by atoms with Gasteiger partial charge in [0.25, 0.3) is 0 Å². The second kappa shape index (κ2) is 15.9. The lowest BCUT2D eigenvalue weighted by atomic mass is 9.97. The number of fused-ring (bicyclic) bond motifs is 6. The van der Waals surface area contributed by atoms with E-state index in [1.165, 1.54) is 81.0 Å². The van der Waals surface area contributed by atoms with E-state index < -0.39 is 0 Å². The predicted octanol–water partition coefficient (Wildman–Crippen LogP) is 16.6. The van der Waals surface area contributed by atoms with E-state index >= 15 is 0 Å². The molecule has 0 aliphatic rings. The fraction of sp³-hybridized carbons (Fsp3) is 0.0656. The zero-order valence-corrected chi connectivity index (χ0v) is 38.0. The molecule has 5 heteroatoms. The lowest BCUT2D eigenvalue weighted by Crippen LogP contribution is -2.04. The van der Waals surface area contributed by atoms with Gasteiger partial charge in [0.1, 0.15) is 0 Å². The Morgan fingerprint density at radius 3 is 1.41 bits per heavy atom. The van der Waals surface area contributed by atoms with Crippen LogP contribution in [0, 0.1) is 27.7 Å². The Bertz CT molecular complexity index is 3650. The standard InChI is InChI=1S/C61H44N4S/c1-37-28-38(2)31-46(30-37)43-22-25-54-51(34-43)52-35-44(47-32-39(3)29-40(4)33-47)23-26-55(52)65(54)56-27-24-45(48-19-13-20-50-49-18-11-12-21-57(49)66-58(48)50)36-53(56)61-63-59(41-14-7-5-8-15-41)62-60(64-61)42-16-9-6-10-17-42/h5-36H,1-4H3. The van der Waals surface area contributed by atoms with Crippen LogP contribution in [0.1, 0.15) is 22.3 Å². The molecular weight excluding hydrogens is 821 g/mol. The third-order valence-corrected chi connectivity index (χ3v) is 14.0. The molecule has 0 radical (unpaired) electrons. The zero-order valence-electron chi connectivity index (χ0n) is 37.2. The highest BCUT2D eigenvalue weighted by molar-refractivity contribution is 7.26. The summed E-state index contributed by atoms with van der Waals surface area (Å²) in [6.45, 7) is 8.71. The average molecular weight is 865 g/mol. The van der Waals surface area contributed by atoms with E-state index in [9.17, 15) is 0 Å². The van der Waals surface area contributed by atoms with E-state index in [2.05, 4.69) is 190 Å². The van der Waals surface area contributed by atoms with E-state index in [4.69, 9.17) is 15.0 Å². The van der Waals surface area contributed by atoms with Crippen molar-refractivity contribution in [1.82, 2.24) is 19.5 Å². The van der Waals surface area contributed by atoms with Gasteiger partial charge in [-0.05, 0) is 104 Å². The smallest absolute Gasteiger partial charge is 0.166 e. The summed E-state index contributed by atoms with van der Waals surface area (Å²) in [4.78, 5) is 15.9. The van der Waals surface area contributed by atoms with Crippen LogP contribution >= 0.6 is 11.3 Å². The van der Waals surface area contributed by atoms with Crippen LogP contribution in [0.15, 0.2) is 194 Å². The van der Waals surface area contributed by atoms with E-state index in [-0.39, 0.29) is 0 Å². The lowest BCUT2D eigenvalue weighted by Gasteiger charge is -2.17. The van der Waals surface area contributed by atoms with Crippen LogP contribution in [0.2, 0.25) is 0 Å². The maximum absolute atomic E-state index is 5.37. The zero-order chi connectivity index (χ0) is 44.5. The summed E-state index contributed by atoms with van der Waals surface area (Å²) in [6.07, 6.45) is 0. The summed E-state index contributed by atoms with van der Waals surface area (Å²) in [5, 5.41) is 4.91. The summed E-state index contributed by atoms with van der Waals surface area (Å²) in [6, 6.07) is 70.3. The van der Waals surface area contributed by atoms with E-state index in [1.54, 1.807) is 0 Å². The fourth-order valence-corrected chi connectivity index (χ4v) is 11.1. The van der Waals surface area contributed by atoms with Gasteiger partial charge in [0, 0.05) is 47.6 Å². The first-order valence-corrected chi connectivity index (χ1v) is 23.3. The highest BCUT2D eigenvalue weighted by Gasteiger charge is 2.22. The first-order valence-electron chi connectivity index (χ1n) is 22.5. The topological polar surface area (TPSA) is 43.6 Å². The number of aryl methyl sites for hydroxylation is 4. The molecule has 0 unspecified atom stereocenters. The minimum absolute atomic E-state index is 0.608. The summed E-state index contributed by atoms with van der Waals surface area (Å²) >= 11 is 1.85. The normalized spacial score (nSPS) is 11.6. The number of rotatable bonds is 7. The molecule has 0 bridgehead atoms. The van der Waals surface area contributed by atoms with Crippen LogP contribution in [0.3, 0.4) is 0 Å². The molecule has 3 aromatic heterocycles. The van der Waals surface area contributed by atoms with Gasteiger partial charge in [-0.1, -0.05) is 174 Å². The molecule has 0 fully saturated rings. The number of hydrogen-bond acceptors (Lipinski definition) is 4. The van der Waals surface area contributed by atoms with E-state index in [0.29, 0.717) is 17.5 Å². The number of thiophene rings is 1. The Kier molecular flexibility index (Phi) is 9.55. The van der Waals surface area contributed by atoms with Crippen molar-refractivity contribution in [3.63, 3.8) is 0 Å². The summed E-state index contributed by atoms with van der Waals surface area (Å²) in [5.41, 5.74) is 18.1. The highest BCUT2D eigenvalue weighted by atomic mass is 32.1. The van der Waals surface area contributed by atoms with Crippen molar-refractivity contribution in [2.24, 2.45) is 0 Å². The minimum Gasteiger partial charge on any atom is -0.308 e. The van der Waals surface area contributed by atoms with E-state index in [1.807, 2.05) is 47.7 Å². The van der Waals surface area contributed by atoms with Crippen LogP contribution in [-0.2, 0) is 0 Å². The molecule has 12 aromatic rings. The first kappa shape index (κ1) is 39.6. The largest absolute Gasteiger partial charge is 0.308 e. The second-order valence-electron chi connectivity index (χ2n) is 17.6. The summed E-state index contributed by atoms with van der Waals surface area (Å²) in [5.74, 6) is 1.86. The second-order valence-corrected chi connectivity index (χ2v) is 18.7. The Labute approximate surface area is 388 Å². The monoisotopic (exact) mass is 864 g/mol. The van der Waals surface area contributed by atoms with Crippen LogP contribution < -0.4 is 0 Å². The third-order valence-electron chi connectivity index (χ3n) is 12.8. The Balaban J connectivity index is 1.16. The molecular formula is C61H44N4S. The molecule has 314 valence electrons. The third kappa shape index (κ3) is 6.96. The van der Waals surface area contributed by atoms with Crippen molar-refractivity contribution in [3.05, 3.63) is 216 Å². The Hall–Kier alpha value is -7.99. The van der Waals surface area contributed by atoms with Crippen LogP contribution in [0.5, 0.6) is 0 Å². The van der Waals surface area contributed by atoms with Gasteiger partial charge in [0.15, 0.2) is 17.5 Å². The molecule has 0 saturated heterocycles. The van der Waals surface area contributed by atoms with Crippen LogP contribution in [-0.4, -0.2) is 19.5 Å². The Morgan fingerprint density at radius 1 is 0.333 bits per heavy atom. The van der Waals surface area contributed by atoms with Gasteiger partial charge in [-0.15, -0.1) is 11.3 Å². The minimum atomic E-state index is 0.608. The number of hydrogen-bond donors (Lipinski definition) is 0.